The van der Waals surface area contributed by atoms with E-state index in [1.165, 1.54) is 25.7 Å². The Labute approximate surface area is 179 Å². The van der Waals surface area contributed by atoms with E-state index in [2.05, 4.69) is 10.2 Å². The van der Waals surface area contributed by atoms with Crippen molar-refractivity contribution < 1.29 is 14.3 Å². The lowest BCUT2D eigenvalue weighted by Gasteiger charge is -2.45. The number of carbonyl (C=O) groups is 2. The highest BCUT2D eigenvalue weighted by Crippen LogP contribution is 2.32. The summed E-state index contributed by atoms with van der Waals surface area (Å²) in [5.74, 6) is -0.0251. The minimum absolute atomic E-state index is 0.000712. The molecule has 1 aromatic rings. The Morgan fingerprint density at radius 3 is 2.53 bits per heavy atom. The molecule has 4 rings (SSSR count). The van der Waals surface area contributed by atoms with Gasteiger partial charge in [-0.25, -0.2) is 0 Å². The predicted octanol–water partition coefficient (Wildman–Crippen LogP) is 2.61. The molecular formula is C24H35N3O3. The molecule has 0 radical (unpaired) electrons. The van der Waals surface area contributed by atoms with Gasteiger partial charge in [0.15, 0.2) is 0 Å². The fourth-order valence-corrected chi connectivity index (χ4v) is 5.10. The Hall–Kier alpha value is -1.92. The number of morpholine rings is 1. The van der Waals surface area contributed by atoms with Gasteiger partial charge in [0.05, 0.1) is 13.2 Å². The van der Waals surface area contributed by atoms with Crippen molar-refractivity contribution in [2.24, 2.45) is 0 Å². The second-order valence-electron chi connectivity index (χ2n) is 9.18. The summed E-state index contributed by atoms with van der Waals surface area (Å²) in [5, 5.41) is 3.32. The topological polar surface area (TPSA) is 61.9 Å². The number of ether oxygens (including phenoxy) is 1. The summed E-state index contributed by atoms with van der Waals surface area (Å²) < 4.78 is 5.45. The van der Waals surface area contributed by atoms with Crippen LogP contribution in [0.4, 0.5) is 0 Å². The maximum atomic E-state index is 13.6. The molecule has 2 heterocycles. The number of hydrogen-bond acceptors (Lipinski definition) is 4. The predicted molar refractivity (Wildman–Crippen MR) is 116 cm³/mol. The van der Waals surface area contributed by atoms with Crippen LogP contribution in [0.3, 0.4) is 0 Å². The number of rotatable bonds is 5. The Bertz CT molecular complexity index is 754. The van der Waals surface area contributed by atoms with Gasteiger partial charge in [-0.15, -0.1) is 0 Å². The number of fused-ring (bicyclic) bond motifs is 1. The van der Waals surface area contributed by atoms with E-state index in [9.17, 15) is 9.59 Å². The zero-order valence-corrected chi connectivity index (χ0v) is 18.2. The number of nitrogens with one attached hydrogen (secondary N) is 1. The van der Waals surface area contributed by atoms with Crippen LogP contribution in [-0.2, 0) is 16.0 Å². The Morgan fingerprint density at radius 1 is 1.10 bits per heavy atom. The number of amides is 2. The zero-order valence-electron chi connectivity index (χ0n) is 18.2. The van der Waals surface area contributed by atoms with Gasteiger partial charge in [-0.05, 0) is 31.4 Å². The molecule has 164 valence electrons. The number of nitrogens with zero attached hydrogens (tertiary/aromatic N) is 2. The van der Waals surface area contributed by atoms with E-state index in [-0.39, 0.29) is 17.9 Å². The van der Waals surface area contributed by atoms with Crippen LogP contribution in [0.15, 0.2) is 24.3 Å². The van der Waals surface area contributed by atoms with Gasteiger partial charge in [-0.1, -0.05) is 43.9 Å². The van der Waals surface area contributed by atoms with Gasteiger partial charge >= 0.3 is 0 Å². The van der Waals surface area contributed by atoms with Crippen LogP contribution in [0.5, 0.6) is 0 Å². The van der Waals surface area contributed by atoms with Gasteiger partial charge in [-0.3, -0.25) is 14.5 Å². The molecule has 2 fully saturated rings. The highest BCUT2D eigenvalue weighted by molar-refractivity contribution is 6.02. The van der Waals surface area contributed by atoms with Gasteiger partial charge in [0.1, 0.15) is 5.54 Å². The van der Waals surface area contributed by atoms with Crippen LogP contribution >= 0.6 is 0 Å². The fourth-order valence-electron chi connectivity index (χ4n) is 5.10. The van der Waals surface area contributed by atoms with Gasteiger partial charge in [0.2, 0.25) is 5.91 Å². The van der Waals surface area contributed by atoms with Gasteiger partial charge < -0.3 is 15.0 Å². The van der Waals surface area contributed by atoms with Crippen molar-refractivity contribution in [2.45, 2.75) is 63.5 Å². The summed E-state index contributed by atoms with van der Waals surface area (Å²) in [6.07, 6.45) is 7.49. The van der Waals surface area contributed by atoms with Crippen LogP contribution in [0.2, 0.25) is 0 Å². The van der Waals surface area contributed by atoms with Gasteiger partial charge in [-0.2, -0.15) is 0 Å². The van der Waals surface area contributed by atoms with Crippen LogP contribution in [0.1, 0.15) is 61.4 Å². The lowest BCUT2D eigenvalue weighted by atomic mass is 9.82. The van der Waals surface area contributed by atoms with Crippen molar-refractivity contribution >= 4 is 11.8 Å². The first kappa shape index (κ1) is 21.3. The lowest BCUT2D eigenvalue weighted by Crippen LogP contribution is -2.64. The van der Waals surface area contributed by atoms with E-state index in [0.717, 1.165) is 56.8 Å². The molecule has 2 amide bonds. The molecule has 6 heteroatoms. The molecule has 1 atom stereocenters. The smallest absolute Gasteiger partial charge is 0.255 e. The Kier molecular flexibility index (Phi) is 6.74. The molecular weight excluding hydrogens is 378 g/mol. The molecule has 6 nitrogen and oxygen atoms in total. The number of hydrogen-bond donors (Lipinski definition) is 1. The molecule has 3 aliphatic rings. The highest BCUT2D eigenvalue weighted by atomic mass is 16.5. The molecule has 1 aliphatic carbocycles. The largest absolute Gasteiger partial charge is 0.379 e. The maximum Gasteiger partial charge on any atom is 0.255 e. The second kappa shape index (κ2) is 9.48. The number of benzene rings is 1. The first-order chi connectivity index (χ1) is 14.6. The van der Waals surface area contributed by atoms with Crippen LogP contribution in [0.25, 0.3) is 0 Å². The van der Waals surface area contributed by atoms with Crippen molar-refractivity contribution in [1.29, 1.82) is 0 Å². The molecule has 1 saturated carbocycles. The molecule has 0 aromatic heterocycles. The van der Waals surface area contributed by atoms with E-state index in [1.807, 2.05) is 36.1 Å². The standard InChI is InChI=1S/C24H35N3O3/c1-24(23(29)25-20-9-4-2-3-5-10-20)18-19-8-6-7-11-21(19)22(28)27(24)13-12-26-14-16-30-17-15-26/h6-8,11,20H,2-5,9-10,12-18H2,1H3,(H,25,29). The molecule has 1 saturated heterocycles. The number of carbonyl (C=O) groups excluding carboxylic acids is 2. The van der Waals surface area contributed by atoms with Crippen molar-refractivity contribution in [1.82, 2.24) is 15.1 Å². The van der Waals surface area contributed by atoms with E-state index >= 15 is 0 Å². The van der Waals surface area contributed by atoms with E-state index in [1.54, 1.807) is 0 Å². The second-order valence-corrected chi connectivity index (χ2v) is 9.18. The molecule has 30 heavy (non-hydrogen) atoms. The SMILES string of the molecule is CC1(C(=O)NC2CCCCCC2)Cc2ccccc2C(=O)N1CCN1CCOCC1. The van der Waals surface area contributed by atoms with Crippen molar-refractivity contribution in [3.63, 3.8) is 0 Å². The third-order valence-electron chi connectivity index (χ3n) is 7.05. The fraction of sp³-hybridized carbons (Fsp3) is 0.667. The third-order valence-corrected chi connectivity index (χ3v) is 7.05. The highest BCUT2D eigenvalue weighted by Gasteiger charge is 2.47. The average Bonchev–Trinajstić information content (AvgIpc) is 3.03. The monoisotopic (exact) mass is 413 g/mol. The minimum atomic E-state index is -0.857. The summed E-state index contributed by atoms with van der Waals surface area (Å²) in [6, 6.07) is 7.97. The molecule has 0 spiro atoms. The van der Waals surface area contributed by atoms with Gasteiger partial charge in [0, 0.05) is 44.2 Å². The third kappa shape index (κ3) is 4.54. The lowest BCUT2D eigenvalue weighted by molar-refractivity contribution is -0.132. The van der Waals surface area contributed by atoms with E-state index in [4.69, 9.17) is 4.74 Å². The molecule has 2 aliphatic heterocycles. The maximum absolute atomic E-state index is 13.6. The summed E-state index contributed by atoms with van der Waals surface area (Å²) in [6.45, 7) is 6.50. The zero-order chi connectivity index (χ0) is 21.0. The Morgan fingerprint density at radius 2 is 1.80 bits per heavy atom. The molecule has 0 bridgehead atoms. The quantitative estimate of drug-likeness (QED) is 0.754. The van der Waals surface area contributed by atoms with Gasteiger partial charge in [0.25, 0.3) is 5.91 Å². The summed E-state index contributed by atoms with van der Waals surface area (Å²) in [7, 11) is 0. The summed E-state index contributed by atoms with van der Waals surface area (Å²) in [5.41, 5.74) is 0.854. The van der Waals surface area contributed by atoms with Crippen LogP contribution in [0, 0.1) is 0 Å². The molecule has 1 N–H and O–H groups in total. The Balaban J connectivity index is 1.54. The summed E-state index contributed by atoms with van der Waals surface area (Å²) >= 11 is 0. The van der Waals surface area contributed by atoms with Crippen molar-refractivity contribution in [2.75, 3.05) is 39.4 Å². The first-order valence-corrected chi connectivity index (χ1v) is 11.6. The molecule has 1 unspecified atom stereocenters. The van der Waals surface area contributed by atoms with Crippen LogP contribution in [-0.4, -0.2) is 72.6 Å². The summed E-state index contributed by atoms with van der Waals surface area (Å²) in [4.78, 5) is 31.2. The van der Waals surface area contributed by atoms with Crippen LogP contribution < -0.4 is 5.32 Å². The normalized spacial score (nSPS) is 26.2. The first-order valence-electron chi connectivity index (χ1n) is 11.6. The van der Waals surface area contributed by atoms with E-state index < -0.39 is 5.54 Å². The van der Waals surface area contributed by atoms with Crippen molar-refractivity contribution in [3.05, 3.63) is 35.4 Å². The molecule has 1 aromatic carbocycles. The average molecular weight is 414 g/mol. The van der Waals surface area contributed by atoms with E-state index in [0.29, 0.717) is 13.0 Å². The minimum Gasteiger partial charge on any atom is -0.379 e. The van der Waals surface area contributed by atoms with Crippen molar-refractivity contribution in [3.8, 4) is 0 Å².